The van der Waals surface area contributed by atoms with Crippen LogP contribution < -0.4 is 0 Å². The minimum absolute atomic E-state index is 0.0169. The van der Waals surface area contributed by atoms with Crippen LogP contribution in [0, 0.1) is 25.6 Å². The third-order valence-electron chi connectivity index (χ3n) is 7.36. The molecule has 0 aliphatic carbocycles. The summed E-state index contributed by atoms with van der Waals surface area (Å²) in [6.07, 6.45) is 2.51. The molecule has 3 heterocycles. The van der Waals surface area contributed by atoms with Gasteiger partial charge >= 0.3 is 0 Å². The van der Waals surface area contributed by atoms with Crippen LogP contribution in [0.3, 0.4) is 0 Å². The second kappa shape index (κ2) is 10.8. The van der Waals surface area contributed by atoms with Gasteiger partial charge in [-0.1, -0.05) is 18.2 Å². The number of amides is 1. The quantitative estimate of drug-likeness (QED) is 0.437. The normalized spacial score (nSPS) is 16.0. The van der Waals surface area contributed by atoms with E-state index in [9.17, 15) is 9.18 Å². The Morgan fingerprint density at radius 3 is 2.59 bits per heavy atom. The van der Waals surface area contributed by atoms with Crippen LogP contribution in [-0.2, 0) is 19.5 Å². The van der Waals surface area contributed by atoms with Crippen LogP contribution in [0.5, 0.6) is 0 Å². The second-order valence-electron chi connectivity index (χ2n) is 9.37. The fourth-order valence-corrected chi connectivity index (χ4v) is 5.87. The molecule has 4 rings (SSSR count). The van der Waals surface area contributed by atoms with E-state index in [1.165, 1.54) is 28.7 Å². The van der Waals surface area contributed by atoms with Gasteiger partial charge in [0.1, 0.15) is 5.82 Å². The maximum Gasteiger partial charge on any atom is 0.254 e. The van der Waals surface area contributed by atoms with Crippen molar-refractivity contribution in [2.45, 2.75) is 59.2 Å². The Morgan fingerprint density at radius 2 is 1.97 bits per heavy atom. The third-order valence-corrected chi connectivity index (χ3v) is 8.05. The van der Waals surface area contributed by atoms with E-state index >= 15 is 0 Å². The average molecular weight is 483 g/mol. The van der Waals surface area contributed by atoms with Crippen molar-refractivity contribution >= 4 is 17.2 Å². The first-order valence-corrected chi connectivity index (χ1v) is 13.1. The number of carbonyl (C=O) groups is 1. The largest absolute Gasteiger partial charge is 0.338 e. The smallest absolute Gasteiger partial charge is 0.254 e. The molecule has 182 valence electrons. The summed E-state index contributed by atoms with van der Waals surface area (Å²) in [5, 5.41) is 8.49. The van der Waals surface area contributed by atoms with Gasteiger partial charge in [0.15, 0.2) is 0 Å². The average Bonchev–Trinajstić information content (AvgIpc) is 3.48. The first-order chi connectivity index (χ1) is 16.4. The lowest BCUT2D eigenvalue weighted by Gasteiger charge is -2.40. The molecular weight excluding hydrogens is 447 g/mol. The molecule has 0 N–H and O–H groups in total. The molecule has 0 unspecified atom stereocenters. The summed E-state index contributed by atoms with van der Waals surface area (Å²) in [6, 6.07) is 8.77. The molecule has 2 aromatic heterocycles. The molecule has 3 aromatic rings. The Bertz CT molecular complexity index is 1100. The van der Waals surface area contributed by atoms with Gasteiger partial charge in [0.25, 0.3) is 5.91 Å². The van der Waals surface area contributed by atoms with E-state index in [1.807, 2.05) is 40.9 Å². The van der Waals surface area contributed by atoms with E-state index in [0.29, 0.717) is 23.5 Å². The number of likely N-dealkylation sites (tertiary alicyclic amines) is 1. The summed E-state index contributed by atoms with van der Waals surface area (Å²) < 4.78 is 16.6. The van der Waals surface area contributed by atoms with E-state index in [0.717, 1.165) is 44.7 Å². The molecule has 34 heavy (non-hydrogen) atoms. The number of nitrogens with zero attached hydrogens (tertiary/aromatic N) is 4. The van der Waals surface area contributed by atoms with E-state index < -0.39 is 0 Å². The Morgan fingerprint density at radius 1 is 1.24 bits per heavy atom. The number of hydrogen-bond acceptors (Lipinski definition) is 4. The summed E-state index contributed by atoms with van der Waals surface area (Å²) in [4.78, 5) is 17.5. The Balaban J connectivity index is 1.48. The molecule has 0 bridgehead atoms. The maximum atomic E-state index is 14.5. The van der Waals surface area contributed by atoms with Crippen molar-refractivity contribution in [3.63, 3.8) is 0 Å². The zero-order chi connectivity index (χ0) is 24.2. The Hall–Kier alpha value is -2.51. The monoisotopic (exact) mass is 482 g/mol. The molecule has 1 aliphatic heterocycles. The van der Waals surface area contributed by atoms with Gasteiger partial charge in [0.05, 0.1) is 11.3 Å². The summed E-state index contributed by atoms with van der Waals surface area (Å²) in [6.45, 7) is 10.1. The second-order valence-corrected chi connectivity index (χ2v) is 10.1. The molecule has 1 amide bonds. The molecule has 1 aliphatic rings. The highest BCUT2D eigenvalue weighted by atomic mass is 32.1. The van der Waals surface area contributed by atoms with Crippen LogP contribution in [0.4, 0.5) is 4.39 Å². The number of piperidine rings is 1. The number of thiophene rings is 1. The van der Waals surface area contributed by atoms with Crippen LogP contribution in [-0.4, -0.2) is 51.7 Å². The number of aromatic nitrogens is 2. The van der Waals surface area contributed by atoms with Gasteiger partial charge in [-0.25, -0.2) is 4.39 Å². The highest BCUT2D eigenvalue weighted by molar-refractivity contribution is 7.08. The molecule has 7 heteroatoms. The lowest BCUT2D eigenvalue weighted by molar-refractivity contribution is 0.0583. The number of likely N-dealkylation sites (N-methyl/N-ethyl adjacent to an activating group) is 1. The summed E-state index contributed by atoms with van der Waals surface area (Å²) in [5.74, 6) is 0.146. The summed E-state index contributed by atoms with van der Waals surface area (Å²) >= 11 is 1.52. The number of rotatable bonds is 8. The molecule has 1 fully saturated rings. The van der Waals surface area contributed by atoms with Gasteiger partial charge in [-0.05, 0) is 82.1 Å². The number of carbonyl (C=O) groups excluding carboxylic acids is 1. The number of aryl methyl sites for hydroxylation is 2. The van der Waals surface area contributed by atoms with Crippen molar-refractivity contribution in [2.24, 2.45) is 5.92 Å². The molecular formula is C27H35FN4OS. The lowest BCUT2D eigenvalue weighted by Crippen LogP contribution is -2.47. The zero-order valence-corrected chi connectivity index (χ0v) is 21.4. The van der Waals surface area contributed by atoms with Gasteiger partial charge in [0, 0.05) is 42.8 Å². The molecule has 5 nitrogen and oxygen atoms in total. The third kappa shape index (κ3) is 5.26. The SMILES string of the molecule is CCn1nc(C)c(CN2CCC([C@H](Cc3ccccc3F)N(C)C(=O)c3ccsc3)CC2)c1C. The highest BCUT2D eigenvalue weighted by Gasteiger charge is 2.33. The van der Waals surface area contributed by atoms with Crippen molar-refractivity contribution in [1.82, 2.24) is 19.6 Å². The Labute approximate surface area is 206 Å². The molecule has 1 saturated heterocycles. The molecule has 0 spiro atoms. The predicted octanol–water partition coefficient (Wildman–Crippen LogP) is 5.32. The van der Waals surface area contributed by atoms with Gasteiger partial charge in [-0.15, -0.1) is 0 Å². The van der Waals surface area contributed by atoms with Crippen molar-refractivity contribution in [3.05, 3.63) is 75.0 Å². The van der Waals surface area contributed by atoms with Crippen LogP contribution in [0.2, 0.25) is 0 Å². The molecule has 1 aromatic carbocycles. The van der Waals surface area contributed by atoms with Gasteiger partial charge in [-0.3, -0.25) is 14.4 Å². The van der Waals surface area contributed by atoms with Crippen LogP contribution >= 0.6 is 11.3 Å². The highest BCUT2D eigenvalue weighted by Crippen LogP contribution is 2.29. The molecule has 0 saturated carbocycles. The predicted molar refractivity (Wildman–Crippen MR) is 136 cm³/mol. The van der Waals surface area contributed by atoms with Crippen molar-refractivity contribution < 1.29 is 9.18 Å². The number of hydrogen-bond donors (Lipinski definition) is 0. The summed E-state index contributed by atoms with van der Waals surface area (Å²) in [7, 11) is 1.88. The van der Waals surface area contributed by atoms with Crippen LogP contribution in [0.15, 0.2) is 41.1 Å². The van der Waals surface area contributed by atoms with Gasteiger partial charge in [0.2, 0.25) is 0 Å². The number of halogens is 1. The number of benzene rings is 1. The minimum atomic E-state index is -0.194. The molecule has 0 radical (unpaired) electrons. The van der Waals surface area contributed by atoms with E-state index in [2.05, 4.69) is 35.5 Å². The summed E-state index contributed by atoms with van der Waals surface area (Å²) in [5.41, 5.74) is 5.08. The van der Waals surface area contributed by atoms with E-state index in [4.69, 9.17) is 0 Å². The van der Waals surface area contributed by atoms with E-state index in [1.54, 1.807) is 6.07 Å². The lowest BCUT2D eigenvalue weighted by atomic mass is 9.84. The van der Waals surface area contributed by atoms with Gasteiger partial charge < -0.3 is 4.90 Å². The topological polar surface area (TPSA) is 41.4 Å². The zero-order valence-electron chi connectivity index (χ0n) is 20.6. The maximum absolute atomic E-state index is 14.5. The minimum Gasteiger partial charge on any atom is -0.338 e. The van der Waals surface area contributed by atoms with Crippen LogP contribution in [0.1, 0.15) is 52.6 Å². The Kier molecular flexibility index (Phi) is 7.84. The fraction of sp³-hybridized carbons (Fsp3) is 0.481. The first kappa shape index (κ1) is 24.6. The van der Waals surface area contributed by atoms with Crippen molar-refractivity contribution in [2.75, 3.05) is 20.1 Å². The molecule has 1 atom stereocenters. The first-order valence-electron chi connectivity index (χ1n) is 12.2. The fourth-order valence-electron chi connectivity index (χ4n) is 5.24. The van der Waals surface area contributed by atoms with Crippen LogP contribution in [0.25, 0.3) is 0 Å². The van der Waals surface area contributed by atoms with E-state index in [-0.39, 0.29) is 17.8 Å². The standard InChI is InChI=1S/C27H35FN4OS/c1-5-32-20(3)24(19(2)29-32)17-31-13-10-21(11-14-31)26(16-22-8-6-7-9-25(22)28)30(4)27(33)23-12-15-34-18-23/h6-9,12,15,18,21,26H,5,10-11,13-14,16-17H2,1-4H3/t26-/m0/s1. The van der Waals surface area contributed by atoms with Crippen molar-refractivity contribution in [3.8, 4) is 0 Å². The van der Waals surface area contributed by atoms with Gasteiger partial charge in [-0.2, -0.15) is 16.4 Å². The van der Waals surface area contributed by atoms with Crippen molar-refractivity contribution in [1.29, 1.82) is 0 Å².